The predicted octanol–water partition coefficient (Wildman–Crippen LogP) is 3.04. The number of nitrogens with one attached hydrogen (secondary N) is 1. The Morgan fingerprint density at radius 3 is 2.18 bits per heavy atom. The lowest BCUT2D eigenvalue weighted by Gasteiger charge is -2.57. The van der Waals surface area contributed by atoms with Crippen LogP contribution in [0.15, 0.2) is 4.99 Å². The van der Waals surface area contributed by atoms with Gasteiger partial charge in [-0.2, -0.15) is 0 Å². The van der Waals surface area contributed by atoms with Crippen LogP contribution in [0.3, 0.4) is 0 Å². The van der Waals surface area contributed by atoms with Gasteiger partial charge in [-0.05, 0) is 63.2 Å². The zero-order valence-corrected chi connectivity index (χ0v) is 11.4. The molecule has 0 amide bonds. The Morgan fingerprint density at radius 1 is 1.12 bits per heavy atom. The molecule has 0 aromatic rings. The largest absolute Gasteiger partial charge is 0.359 e. The number of hydrogen-bond acceptors (Lipinski definition) is 3. The summed E-state index contributed by atoms with van der Waals surface area (Å²) in [4.78, 5) is 4.73. The third-order valence-electron chi connectivity index (χ3n) is 5.21. The highest BCUT2D eigenvalue weighted by Crippen LogP contribution is 2.55. The Hall–Kier alpha value is -0.180. The van der Waals surface area contributed by atoms with Gasteiger partial charge in [0.2, 0.25) is 0 Å². The van der Waals surface area contributed by atoms with Gasteiger partial charge in [0.15, 0.2) is 5.17 Å². The van der Waals surface area contributed by atoms with Crippen LogP contribution in [0.5, 0.6) is 0 Å². The van der Waals surface area contributed by atoms with Crippen LogP contribution in [-0.2, 0) is 0 Å². The summed E-state index contributed by atoms with van der Waals surface area (Å²) in [5.41, 5.74) is 0.449. The average Bonchev–Trinajstić information content (AvgIpc) is 2.60. The second kappa shape index (κ2) is 3.66. The fourth-order valence-corrected chi connectivity index (χ4v) is 6.05. The molecule has 94 valence electrons. The Bertz CT molecular complexity index is 328. The molecule has 1 unspecified atom stereocenters. The lowest BCUT2D eigenvalue weighted by Crippen LogP contribution is -2.59. The summed E-state index contributed by atoms with van der Waals surface area (Å²) in [6, 6.07) is 0.524. The fourth-order valence-electron chi connectivity index (χ4n) is 5.03. The number of aliphatic imine (C=N–C) groups is 1. The molecule has 1 N–H and O–H groups in total. The number of thioether (sulfide) groups is 1. The van der Waals surface area contributed by atoms with E-state index in [1.54, 1.807) is 0 Å². The third-order valence-corrected chi connectivity index (χ3v) is 6.34. The van der Waals surface area contributed by atoms with E-state index in [1.165, 1.54) is 49.4 Å². The van der Waals surface area contributed by atoms with Crippen LogP contribution < -0.4 is 5.32 Å². The van der Waals surface area contributed by atoms with Crippen molar-refractivity contribution in [3.8, 4) is 0 Å². The van der Waals surface area contributed by atoms with Gasteiger partial charge in [-0.1, -0.05) is 11.8 Å². The first-order chi connectivity index (χ1) is 8.21. The summed E-state index contributed by atoms with van der Waals surface area (Å²) in [6.45, 7) is 2.22. The monoisotopic (exact) mass is 250 g/mol. The van der Waals surface area contributed by atoms with Crippen molar-refractivity contribution < 1.29 is 0 Å². The first kappa shape index (κ1) is 10.7. The first-order valence-electron chi connectivity index (χ1n) is 7.20. The molecule has 0 saturated heterocycles. The highest BCUT2D eigenvalue weighted by Gasteiger charge is 2.51. The molecule has 5 aliphatic rings. The van der Waals surface area contributed by atoms with E-state index in [0.29, 0.717) is 11.6 Å². The van der Waals surface area contributed by atoms with Crippen molar-refractivity contribution >= 4 is 16.9 Å². The summed E-state index contributed by atoms with van der Waals surface area (Å²) >= 11 is 1.94. The normalized spacial score (nSPS) is 51.7. The topological polar surface area (TPSA) is 24.4 Å². The summed E-state index contributed by atoms with van der Waals surface area (Å²) in [7, 11) is 0. The molecule has 0 radical (unpaired) electrons. The van der Waals surface area contributed by atoms with Gasteiger partial charge in [0.05, 0.1) is 6.04 Å². The zero-order chi connectivity index (χ0) is 11.5. The summed E-state index contributed by atoms with van der Waals surface area (Å²) in [6.07, 6.45) is 8.84. The van der Waals surface area contributed by atoms with Crippen molar-refractivity contribution in [2.45, 2.75) is 57.0 Å². The number of nitrogens with zero attached hydrogens (tertiary/aromatic N) is 1. The van der Waals surface area contributed by atoms with Crippen LogP contribution in [0.4, 0.5) is 0 Å². The van der Waals surface area contributed by atoms with E-state index in [9.17, 15) is 0 Å². The van der Waals surface area contributed by atoms with Crippen molar-refractivity contribution in [3.63, 3.8) is 0 Å². The van der Waals surface area contributed by atoms with E-state index < -0.39 is 0 Å². The Kier molecular flexibility index (Phi) is 2.31. The van der Waals surface area contributed by atoms with Crippen molar-refractivity contribution in [3.05, 3.63) is 0 Å². The minimum atomic E-state index is 0.449. The Labute approximate surface area is 108 Å². The Balaban J connectivity index is 1.55. The molecule has 0 spiro atoms. The van der Waals surface area contributed by atoms with Crippen LogP contribution in [0, 0.1) is 17.8 Å². The molecule has 17 heavy (non-hydrogen) atoms. The van der Waals surface area contributed by atoms with Crippen LogP contribution in [0.1, 0.15) is 45.4 Å². The number of amidine groups is 1. The third kappa shape index (κ3) is 1.81. The maximum atomic E-state index is 4.73. The fraction of sp³-hybridized carbons (Fsp3) is 0.929. The molecule has 0 aromatic heterocycles. The van der Waals surface area contributed by atoms with E-state index in [0.717, 1.165) is 17.8 Å². The van der Waals surface area contributed by atoms with Crippen LogP contribution in [0.25, 0.3) is 0 Å². The van der Waals surface area contributed by atoms with Crippen molar-refractivity contribution in [2.24, 2.45) is 22.7 Å². The second-order valence-electron chi connectivity index (χ2n) is 6.92. The quantitative estimate of drug-likeness (QED) is 0.773. The lowest BCUT2D eigenvalue weighted by molar-refractivity contribution is -0.00963. The van der Waals surface area contributed by atoms with Gasteiger partial charge in [-0.3, -0.25) is 4.99 Å². The molecule has 1 heterocycles. The van der Waals surface area contributed by atoms with E-state index >= 15 is 0 Å². The Morgan fingerprint density at radius 2 is 1.71 bits per heavy atom. The van der Waals surface area contributed by atoms with Gasteiger partial charge in [-0.15, -0.1) is 0 Å². The van der Waals surface area contributed by atoms with E-state index in [1.807, 2.05) is 11.8 Å². The molecule has 0 aromatic carbocycles. The number of hydrogen-bond donors (Lipinski definition) is 1. The van der Waals surface area contributed by atoms with Crippen LogP contribution in [-0.4, -0.2) is 22.5 Å². The van der Waals surface area contributed by atoms with Gasteiger partial charge in [0.25, 0.3) is 0 Å². The van der Waals surface area contributed by atoms with E-state index in [-0.39, 0.29) is 0 Å². The summed E-state index contributed by atoms with van der Waals surface area (Å²) in [5, 5.41) is 5.12. The zero-order valence-electron chi connectivity index (χ0n) is 10.6. The molecule has 4 bridgehead atoms. The molecular weight excluding hydrogens is 228 g/mol. The average molecular weight is 250 g/mol. The van der Waals surface area contributed by atoms with Crippen molar-refractivity contribution in [2.75, 3.05) is 5.75 Å². The predicted molar refractivity (Wildman–Crippen MR) is 73.4 cm³/mol. The molecule has 4 saturated carbocycles. The van der Waals surface area contributed by atoms with Gasteiger partial charge in [0.1, 0.15) is 0 Å². The van der Waals surface area contributed by atoms with Gasteiger partial charge < -0.3 is 5.32 Å². The molecule has 2 nitrogen and oxygen atoms in total. The van der Waals surface area contributed by atoms with Gasteiger partial charge in [0, 0.05) is 11.3 Å². The lowest BCUT2D eigenvalue weighted by atomic mass is 9.53. The van der Waals surface area contributed by atoms with E-state index in [4.69, 9.17) is 4.99 Å². The van der Waals surface area contributed by atoms with Crippen LogP contribution in [0.2, 0.25) is 0 Å². The van der Waals surface area contributed by atoms with Crippen molar-refractivity contribution in [1.82, 2.24) is 5.32 Å². The molecule has 1 aliphatic heterocycles. The van der Waals surface area contributed by atoms with E-state index in [2.05, 4.69) is 12.2 Å². The minimum Gasteiger partial charge on any atom is -0.359 e. The molecule has 4 aliphatic carbocycles. The van der Waals surface area contributed by atoms with Gasteiger partial charge >= 0.3 is 0 Å². The molecule has 5 rings (SSSR count). The van der Waals surface area contributed by atoms with Crippen molar-refractivity contribution in [1.29, 1.82) is 0 Å². The standard InChI is InChI=1S/C14H22N2S/c1-9-8-17-13(15-9)16-14-5-10-2-11(6-14)4-12(3-10)7-14/h9-12H,2-8H2,1H3,(H,15,16). The smallest absolute Gasteiger partial charge is 0.157 e. The van der Waals surface area contributed by atoms with Gasteiger partial charge in [-0.25, -0.2) is 0 Å². The van der Waals surface area contributed by atoms with Crippen LogP contribution >= 0.6 is 11.8 Å². The minimum absolute atomic E-state index is 0.449. The maximum absolute atomic E-state index is 4.73. The SMILES string of the molecule is CC1CSC(NC23CC4CC(CC(C4)C2)C3)=N1. The summed E-state index contributed by atoms with van der Waals surface area (Å²) < 4.78 is 0. The highest BCUT2D eigenvalue weighted by atomic mass is 32.2. The molecule has 1 atom stereocenters. The second-order valence-corrected chi connectivity index (χ2v) is 7.93. The molecule has 4 fully saturated rings. The molecular formula is C14H22N2S. The summed E-state index contributed by atoms with van der Waals surface area (Å²) in [5.74, 6) is 4.25. The highest BCUT2D eigenvalue weighted by molar-refractivity contribution is 8.14. The number of rotatable bonds is 1. The maximum Gasteiger partial charge on any atom is 0.157 e. The first-order valence-corrected chi connectivity index (χ1v) is 8.18. The molecule has 3 heteroatoms.